The fourth-order valence-corrected chi connectivity index (χ4v) is 4.98. The minimum Gasteiger partial charge on any atom is -0.450 e. The summed E-state index contributed by atoms with van der Waals surface area (Å²) in [6.45, 7) is 7.31. The summed E-state index contributed by atoms with van der Waals surface area (Å²) in [6, 6.07) is 15.9. The maximum atomic E-state index is 13.5. The molecule has 1 fully saturated rings. The molecule has 0 saturated carbocycles. The molecular formula is C31H25N5O8. The highest BCUT2D eigenvalue weighted by Crippen LogP contribution is 2.35. The van der Waals surface area contributed by atoms with E-state index in [1.807, 2.05) is 31.4 Å². The van der Waals surface area contributed by atoms with Gasteiger partial charge in [0.05, 0.1) is 21.6 Å². The number of nitro groups is 2. The van der Waals surface area contributed by atoms with Gasteiger partial charge >= 0.3 is 11.7 Å². The van der Waals surface area contributed by atoms with Crippen molar-refractivity contribution in [2.45, 2.75) is 27.7 Å². The number of aryl methyl sites for hydroxylation is 2. The molecule has 0 unspecified atom stereocenters. The fourth-order valence-electron chi connectivity index (χ4n) is 4.98. The first-order chi connectivity index (χ1) is 20.9. The van der Waals surface area contributed by atoms with E-state index in [9.17, 15) is 34.6 Å². The van der Waals surface area contributed by atoms with Crippen LogP contribution < -0.4 is 15.0 Å². The Morgan fingerprint density at radius 3 is 2.23 bits per heavy atom. The molecule has 2 heterocycles. The molecule has 5 rings (SSSR count). The van der Waals surface area contributed by atoms with Crippen LogP contribution in [-0.4, -0.2) is 32.3 Å². The molecule has 0 bridgehead atoms. The zero-order valence-electron chi connectivity index (χ0n) is 24.0. The van der Waals surface area contributed by atoms with Gasteiger partial charge in [0.2, 0.25) is 5.75 Å². The van der Waals surface area contributed by atoms with Gasteiger partial charge in [0.25, 0.3) is 17.5 Å². The molecule has 1 aromatic heterocycles. The minimum absolute atomic E-state index is 0.153. The van der Waals surface area contributed by atoms with Gasteiger partial charge in [0.1, 0.15) is 11.3 Å². The van der Waals surface area contributed by atoms with Crippen LogP contribution in [0.5, 0.6) is 11.5 Å². The Bertz CT molecular complexity index is 1920. The molecule has 13 nitrogen and oxygen atoms in total. The number of anilines is 1. The molecule has 222 valence electrons. The normalized spacial score (nSPS) is 14.1. The van der Waals surface area contributed by atoms with E-state index in [-0.39, 0.29) is 17.1 Å². The molecule has 44 heavy (non-hydrogen) atoms. The largest absolute Gasteiger partial charge is 0.450 e. The number of rotatable bonds is 7. The lowest BCUT2D eigenvalue weighted by atomic mass is 10.0. The number of hydrogen-bond donors (Lipinski definition) is 1. The fraction of sp³-hybridized carbons (Fsp3) is 0.129. The molecule has 1 saturated heterocycles. The van der Waals surface area contributed by atoms with Gasteiger partial charge in [-0.1, -0.05) is 12.1 Å². The van der Waals surface area contributed by atoms with Crippen molar-refractivity contribution in [2.24, 2.45) is 0 Å². The van der Waals surface area contributed by atoms with E-state index in [1.54, 1.807) is 49.4 Å². The summed E-state index contributed by atoms with van der Waals surface area (Å²) in [5.74, 6) is -1.43. The lowest BCUT2D eigenvalue weighted by molar-refractivity contribution is -0.394. The minimum atomic E-state index is -0.822. The molecule has 0 radical (unpaired) electrons. The molecule has 4 aromatic rings. The first kappa shape index (κ1) is 29.4. The van der Waals surface area contributed by atoms with Crippen molar-refractivity contribution >= 4 is 41.0 Å². The molecule has 1 aliphatic rings. The highest BCUT2D eigenvalue weighted by atomic mass is 16.6. The van der Waals surface area contributed by atoms with Crippen molar-refractivity contribution in [3.05, 3.63) is 121 Å². The molecule has 0 spiro atoms. The van der Waals surface area contributed by atoms with Crippen LogP contribution in [-0.2, 0) is 9.59 Å². The number of carbonyl (C=O) groups is 3. The number of hydrogen-bond acceptors (Lipinski definition) is 8. The number of imide groups is 2. The van der Waals surface area contributed by atoms with Crippen molar-refractivity contribution in [2.75, 3.05) is 4.90 Å². The standard InChI is InChI=1S/C31H25N5O8/c1-17-6-5-7-26(19(17)3)34-30(38)25(29(37)32-31(34)39)15-21-14-18(2)33(20(21)4)22-8-11-24(12-9-22)44-28-13-10-23(35(40)41)16-27(28)36(42)43/h5-16H,1-4H3,(H,32,37,39)/b25-15+. The Balaban J connectivity index is 1.44. The highest BCUT2D eigenvalue weighted by Gasteiger charge is 2.37. The summed E-state index contributed by atoms with van der Waals surface area (Å²) in [6.07, 6.45) is 1.45. The number of nitro benzene ring substituents is 2. The van der Waals surface area contributed by atoms with Crippen LogP contribution in [0.15, 0.2) is 72.3 Å². The van der Waals surface area contributed by atoms with Gasteiger partial charge in [-0.25, -0.2) is 9.69 Å². The third kappa shape index (κ3) is 5.29. The highest BCUT2D eigenvalue weighted by molar-refractivity contribution is 6.39. The van der Waals surface area contributed by atoms with E-state index in [4.69, 9.17) is 4.74 Å². The number of barbiturate groups is 1. The molecule has 3 aromatic carbocycles. The number of non-ortho nitro benzene ring substituents is 1. The van der Waals surface area contributed by atoms with Crippen LogP contribution in [0, 0.1) is 47.9 Å². The Morgan fingerprint density at radius 2 is 1.57 bits per heavy atom. The second-order valence-electron chi connectivity index (χ2n) is 10.1. The summed E-state index contributed by atoms with van der Waals surface area (Å²) in [4.78, 5) is 60.9. The Kier molecular flexibility index (Phi) is 7.54. The summed E-state index contributed by atoms with van der Waals surface area (Å²) in [7, 11) is 0. The molecule has 0 atom stereocenters. The van der Waals surface area contributed by atoms with Gasteiger partial charge in [-0.15, -0.1) is 0 Å². The number of nitrogens with zero attached hydrogens (tertiary/aromatic N) is 4. The summed E-state index contributed by atoms with van der Waals surface area (Å²) >= 11 is 0. The summed E-state index contributed by atoms with van der Waals surface area (Å²) < 4.78 is 7.54. The zero-order valence-corrected chi connectivity index (χ0v) is 24.0. The Morgan fingerprint density at radius 1 is 0.864 bits per heavy atom. The Hall–Kier alpha value is -6.11. The van der Waals surface area contributed by atoms with E-state index in [0.29, 0.717) is 22.6 Å². The number of carbonyl (C=O) groups excluding carboxylic acids is 3. The van der Waals surface area contributed by atoms with E-state index >= 15 is 0 Å². The predicted octanol–water partition coefficient (Wildman–Crippen LogP) is 5.99. The van der Waals surface area contributed by atoms with Crippen LogP contribution in [0.2, 0.25) is 0 Å². The lowest BCUT2D eigenvalue weighted by Gasteiger charge is -2.28. The maximum Gasteiger partial charge on any atom is 0.335 e. The monoisotopic (exact) mass is 595 g/mol. The smallest absolute Gasteiger partial charge is 0.335 e. The molecule has 1 N–H and O–H groups in total. The van der Waals surface area contributed by atoms with Crippen molar-refractivity contribution in [3.8, 4) is 17.2 Å². The second-order valence-corrected chi connectivity index (χ2v) is 10.1. The van der Waals surface area contributed by atoms with E-state index < -0.39 is 39.1 Å². The SMILES string of the molecule is Cc1cccc(N2C(=O)NC(=O)/C(=C\c3cc(C)n(-c4ccc(Oc5ccc([N+](=O)[O-])cc5[N+](=O)[O-])cc4)c3C)C2=O)c1C. The van der Waals surface area contributed by atoms with Crippen LogP contribution >= 0.6 is 0 Å². The van der Waals surface area contributed by atoms with Gasteiger partial charge in [0.15, 0.2) is 0 Å². The number of benzene rings is 3. The topological polar surface area (TPSA) is 167 Å². The summed E-state index contributed by atoms with van der Waals surface area (Å²) in [5.41, 5.74) is 3.59. The van der Waals surface area contributed by atoms with E-state index in [0.717, 1.165) is 33.9 Å². The van der Waals surface area contributed by atoms with E-state index in [2.05, 4.69) is 5.32 Å². The number of aromatic nitrogens is 1. The van der Waals surface area contributed by atoms with Crippen molar-refractivity contribution in [1.29, 1.82) is 0 Å². The molecule has 1 aliphatic heterocycles. The van der Waals surface area contributed by atoms with Gasteiger partial charge in [-0.3, -0.25) is 35.1 Å². The van der Waals surface area contributed by atoms with Crippen molar-refractivity contribution in [1.82, 2.24) is 9.88 Å². The molecule has 13 heteroatoms. The maximum absolute atomic E-state index is 13.5. The third-order valence-corrected chi connectivity index (χ3v) is 7.36. The van der Waals surface area contributed by atoms with Crippen LogP contribution in [0.1, 0.15) is 28.1 Å². The third-order valence-electron chi connectivity index (χ3n) is 7.36. The van der Waals surface area contributed by atoms with Gasteiger partial charge in [-0.05, 0) is 92.9 Å². The quantitative estimate of drug-likeness (QED) is 0.118. The number of ether oxygens (including phenoxy) is 1. The van der Waals surface area contributed by atoms with Crippen molar-refractivity contribution in [3.63, 3.8) is 0 Å². The van der Waals surface area contributed by atoms with Gasteiger partial charge in [0, 0.05) is 23.1 Å². The average Bonchev–Trinajstić information content (AvgIpc) is 3.25. The predicted molar refractivity (Wildman–Crippen MR) is 160 cm³/mol. The first-order valence-corrected chi connectivity index (χ1v) is 13.2. The van der Waals surface area contributed by atoms with Crippen LogP contribution in [0.4, 0.5) is 21.9 Å². The number of nitrogens with one attached hydrogen (secondary N) is 1. The van der Waals surface area contributed by atoms with Crippen LogP contribution in [0.3, 0.4) is 0 Å². The number of amides is 4. The Labute approximate surface area is 250 Å². The zero-order chi connectivity index (χ0) is 31.9. The van der Waals surface area contributed by atoms with Gasteiger partial charge < -0.3 is 9.30 Å². The van der Waals surface area contributed by atoms with Crippen molar-refractivity contribution < 1.29 is 29.0 Å². The first-order valence-electron chi connectivity index (χ1n) is 13.2. The average molecular weight is 596 g/mol. The van der Waals surface area contributed by atoms with E-state index in [1.165, 1.54) is 12.1 Å². The molecular weight excluding hydrogens is 570 g/mol. The van der Waals surface area contributed by atoms with Gasteiger partial charge in [-0.2, -0.15) is 0 Å². The summed E-state index contributed by atoms with van der Waals surface area (Å²) in [5, 5.41) is 24.7. The molecule has 4 amide bonds. The molecule has 0 aliphatic carbocycles. The lowest BCUT2D eigenvalue weighted by Crippen LogP contribution is -2.54. The second kappa shape index (κ2) is 11.3. The van der Waals surface area contributed by atoms with Crippen LogP contribution in [0.25, 0.3) is 11.8 Å². The number of urea groups is 1.